The molecule has 0 aliphatic rings. The molecule has 2 N–H and O–H groups in total. The topological polar surface area (TPSA) is 76.7 Å². The number of esters is 1. The van der Waals surface area contributed by atoms with Gasteiger partial charge in [-0.05, 0) is 25.4 Å². The number of rotatable bonds is 11. The Morgan fingerprint density at radius 2 is 2.05 bits per heavy atom. The van der Waals surface area contributed by atoms with Crippen LogP contribution in [0.15, 0.2) is 0 Å². The van der Waals surface area contributed by atoms with Gasteiger partial charge in [-0.3, -0.25) is 0 Å². The Kier molecular flexibility index (Phi) is 12.9. The second-order valence-corrected chi connectivity index (χ2v) is 5.17. The third-order valence-electron chi connectivity index (χ3n) is 2.26. The maximum atomic E-state index is 11.7. The minimum atomic E-state index is -0.661. The van der Waals surface area contributed by atoms with Crippen LogP contribution < -0.4 is 10.6 Å². The summed E-state index contributed by atoms with van der Waals surface area (Å²) < 4.78 is 9.87. The number of nitrogens with one attached hydrogen (secondary N) is 2. The summed E-state index contributed by atoms with van der Waals surface area (Å²) in [6.45, 7) is 3.42. The van der Waals surface area contributed by atoms with E-state index in [9.17, 15) is 9.59 Å². The van der Waals surface area contributed by atoms with Gasteiger partial charge < -0.3 is 20.1 Å². The van der Waals surface area contributed by atoms with Crippen molar-refractivity contribution in [3.63, 3.8) is 0 Å². The van der Waals surface area contributed by atoms with Crippen molar-refractivity contribution in [1.82, 2.24) is 10.6 Å². The minimum Gasteiger partial charge on any atom is -0.464 e. The van der Waals surface area contributed by atoms with Gasteiger partial charge in [0.15, 0.2) is 0 Å². The predicted octanol–water partition coefficient (Wildman–Crippen LogP) is 1.23. The Hall–Kier alpha value is -0.660. The lowest BCUT2D eigenvalue weighted by Gasteiger charge is -2.16. The number of alkyl carbamates (subject to hydrolysis) is 1. The van der Waals surface area contributed by atoms with Crippen LogP contribution in [0.5, 0.6) is 0 Å². The van der Waals surface area contributed by atoms with Gasteiger partial charge >= 0.3 is 12.1 Å². The molecule has 0 saturated heterocycles. The second-order valence-electron chi connectivity index (χ2n) is 3.81. The minimum absolute atomic E-state index is 0.223. The second kappa shape index (κ2) is 13.3. The number of halogens is 1. The van der Waals surface area contributed by atoms with Gasteiger partial charge in [0, 0.05) is 19.0 Å². The summed E-state index contributed by atoms with van der Waals surface area (Å²) in [6, 6.07) is -0.661. The van der Waals surface area contributed by atoms with Gasteiger partial charge in [-0.15, -0.1) is 11.6 Å². The van der Waals surface area contributed by atoms with Crippen molar-refractivity contribution in [3.05, 3.63) is 0 Å². The van der Waals surface area contributed by atoms with Crippen molar-refractivity contribution in [2.45, 2.75) is 19.4 Å². The zero-order valence-electron chi connectivity index (χ0n) is 11.9. The Labute approximate surface area is 129 Å². The summed E-state index contributed by atoms with van der Waals surface area (Å²) in [5.41, 5.74) is 0. The van der Waals surface area contributed by atoms with E-state index in [-0.39, 0.29) is 13.2 Å². The van der Waals surface area contributed by atoms with E-state index in [1.807, 2.05) is 6.26 Å². The highest BCUT2D eigenvalue weighted by molar-refractivity contribution is 7.98. The highest BCUT2D eigenvalue weighted by atomic mass is 35.5. The first-order valence-corrected chi connectivity index (χ1v) is 8.44. The molecular weight excluding hydrogens is 304 g/mol. The zero-order chi connectivity index (χ0) is 15.2. The van der Waals surface area contributed by atoms with E-state index in [1.165, 1.54) is 0 Å². The Morgan fingerprint density at radius 3 is 2.65 bits per heavy atom. The number of carbonyl (C=O) groups excluding carboxylic acids is 2. The number of ether oxygens (including phenoxy) is 2. The molecule has 0 rings (SSSR count). The Bertz CT molecular complexity index is 282. The molecule has 0 aromatic heterocycles. The molecule has 1 amide bonds. The average Bonchev–Trinajstić information content (AvgIpc) is 2.43. The fourth-order valence-corrected chi connectivity index (χ4v) is 1.92. The molecule has 1 atom stereocenters. The molecule has 0 heterocycles. The quantitative estimate of drug-likeness (QED) is 0.338. The first-order chi connectivity index (χ1) is 9.65. The van der Waals surface area contributed by atoms with Crippen molar-refractivity contribution < 1.29 is 19.1 Å². The molecule has 0 bridgehead atoms. The monoisotopic (exact) mass is 326 g/mol. The van der Waals surface area contributed by atoms with E-state index < -0.39 is 18.1 Å². The van der Waals surface area contributed by atoms with Crippen LogP contribution in [0.25, 0.3) is 0 Å². The van der Waals surface area contributed by atoms with E-state index in [0.29, 0.717) is 25.4 Å². The van der Waals surface area contributed by atoms with Gasteiger partial charge in [0.25, 0.3) is 0 Å². The third kappa shape index (κ3) is 10.2. The maximum Gasteiger partial charge on any atom is 0.407 e. The largest absolute Gasteiger partial charge is 0.464 e. The fraction of sp³-hybridized carbons (Fsp3) is 0.833. The van der Waals surface area contributed by atoms with E-state index >= 15 is 0 Å². The van der Waals surface area contributed by atoms with Crippen molar-refractivity contribution in [2.75, 3.05) is 44.2 Å². The van der Waals surface area contributed by atoms with E-state index in [0.717, 1.165) is 5.75 Å². The number of amides is 1. The number of hydrogen-bond acceptors (Lipinski definition) is 6. The molecule has 0 aromatic rings. The summed E-state index contributed by atoms with van der Waals surface area (Å²) in [4.78, 5) is 23.2. The standard InChI is InChI=1S/C12H23ClN2O4S/c1-3-18-11(16)10(4-9-20-2)15-12(17)19-8-7-14-6-5-13/h10,14H,3-9H2,1-2H3,(H,15,17). The molecule has 1 unspecified atom stereocenters. The zero-order valence-corrected chi connectivity index (χ0v) is 13.5. The smallest absolute Gasteiger partial charge is 0.407 e. The van der Waals surface area contributed by atoms with Gasteiger partial charge in [-0.1, -0.05) is 0 Å². The van der Waals surface area contributed by atoms with Crippen molar-refractivity contribution in [2.24, 2.45) is 0 Å². The van der Waals surface area contributed by atoms with Crippen LogP contribution in [0.4, 0.5) is 4.79 Å². The van der Waals surface area contributed by atoms with E-state index in [2.05, 4.69) is 10.6 Å². The lowest BCUT2D eigenvalue weighted by atomic mass is 10.2. The normalized spacial score (nSPS) is 11.8. The lowest BCUT2D eigenvalue weighted by molar-refractivity contribution is -0.145. The third-order valence-corrected chi connectivity index (χ3v) is 3.09. The van der Waals surface area contributed by atoms with Gasteiger partial charge in [-0.2, -0.15) is 11.8 Å². The number of alkyl halides is 1. The number of hydrogen-bond donors (Lipinski definition) is 2. The molecule has 8 heteroatoms. The number of carbonyl (C=O) groups is 2. The van der Waals surface area contributed by atoms with Crippen LogP contribution in [0.2, 0.25) is 0 Å². The SMILES string of the molecule is CCOC(=O)C(CCSC)NC(=O)OCCNCCCl. The molecule has 0 aromatic carbocycles. The Balaban J connectivity index is 4.01. The van der Waals surface area contributed by atoms with Crippen LogP contribution in [-0.2, 0) is 14.3 Å². The molecule has 0 radical (unpaired) electrons. The molecule has 0 spiro atoms. The summed E-state index contributed by atoms with van der Waals surface area (Å²) in [5.74, 6) is 0.825. The maximum absolute atomic E-state index is 11.7. The van der Waals surface area contributed by atoms with Crippen LogP contribution in [0.3, 0.4) is 0 Å². The average molecular weight is 327 g/mol. The first kappa shape index (κ1) is 19.3. The van der Waals surface area contributed by atoms with Gasteiger partial charge in [0.1, 0.15) is 12.6 Å². The van der Waals surface area contributed by atoms with Crippen LogP contribution in [0, 0.1) is 0 Å². The molecule has 6 nitrogen and oxygen atoms in total. The molecule has 0 saturated carbocycles. The number of thioether (sulfide) groups is 1. The molecular formula is C12H23ClN2O4S. The molecule has 0 aliphatic heterocycles. The Morgan fingerprint density at radius 1 is 1.30 bits per heavy atom. The van der Waals surface area contributed by atoms with E-state index in [4.69, 9.17) is 21.1 Å². The van der Waals surface area contributed by atoms with E-state index in [1.54, 1.807) is 18.7 Å². The molecule has 0 aliphatic carbocycles. The molecule has 20 heavy (non-hydrogen) atoms. The van der Waals surface area contributed by atoms with Crippen LogP contribution in [0.1, 0.15) is 13.3 Å². The van der Waals surface area contributed by atoms with Crippen molar-refractivity contribution >= 4 is 35.4 Å². The van der Waals surface area contributed by atoms with Crippen molar-refractivity contribution in [3.8, 4) is 0 Å². The summed E-state index contributed by atoms with van der Waals surface area (Å²) in [5, 5.41) is 5.51. The van der Waals surface area contributed by atoms with Crippen LogP contribution >= 0.6 is 23.4 Å². The highest BCUT2D eigenvalue weighted by Crippen LogP contribution is 2.03. The highest BCUT2D eigenvalue weighted by Gasteiger charge is 2.22. The fourth-order valence-electron chi connectivity index (χ4n) is 1.32. The van der Waals surface area contributed by atoms with Crippen molar-refractivity contribution in [1.29, 1.82) is 0 Å². The van der Waals surface area contributed by atoms with Crippen LogP contribution in [-0.4, -0.2) is 62.3 Å². The lowest BCUT2D eigenvalue weighted by Crippen LogP contribution is -2.43. The molecule has 0 fully saturated rings. The van der Waals surface area contributed by atoms with Gasteiger partial charge in [0.2, 0.25) is 0 Å². The first-order valence-electron chi connectivity index (χ1n) is 6.51. The summed E-state index contributed by atoms with van der Waals surface area (Å²) >= 11 is 7.09. The van der Waals surface area contributed by atoms with Gasteiger partial charge in [-0.25, -0.2) is 9.59 Å². The summed E-state index contributed by atoms with van der Waals surface area (Å²) in [7, 11) is 0. The molecule has 118 valence electrons. The predicted molar refractivity (Wildman–Crippen MR) is 81.5 cm³/mol. The van der Waals surface area contributed by atoms with Gasteiger partial charge in [0.05, 0.1) is 6.61 Å². The summed E-state index contributed by atoms with van der Waals surface area (Å²) in [6.07, 6.45) is 1.83.